The van der Waals surface area contributed by atoms with Crippen molar-refractivity contribution in [1.29, 1.82) is 5.26 Å². The Bertz CT molecular complexity index is 1340. The fraction of sp³-hybridized carbons (Fsp3) is 0.0455. The van der Waals surface area contributed by atoms with Crippen LogP contribution in [-0.2, 0) is 0 Å². The Hall–Kier alpha value is -3.43. The molecule has 2 aliphatic carbocycles. The molecule has 2 heterocycles. The number of nitriles is 1. The third kappa shape index (κ3) is 1.92. The Labute approximate surface area is 164 Å². The van der Waals surface area contributed by atoms with Crippen LogP contribution in [0, 0.1) is 24.5 Å². The van der Waals surface area contributed by atoms with Crippen molar-refractivity contribution in [2.45, 2.75) is 6.92 Å². The van der Waals surface area contributed by atoms with Gasteiger partial charge in [-0.1, -0.05) is 0 Å². The molecule has 0 radical (unpaired) electrons. The fourth-order valence-electron chi connectivity index (χ4n) is 3.95. The standard InChI is InChI=1S/C22H9N3S2/c1-11(24-2)19-12-4-6-26-21(12)16-9-15-17(8-14(16)19)22-13(5-7-27-22)20(15)18(10-23)25-3/h4-9H,1H3/b19-11-,20-18+. The minimum atomic E-state index is 0.130. The maximum atomic E-state index is 9.48. The second kappa shape index (κ2) is 5.53. The molecule has 124 valence electrons. The lowest BCUT2D eigenvalue weighted by Gasteiger charge is -2.09. The van der Waals surface area contributed by atoms with E-state index in [4.69, 9.17) is 13.1 Å². The Kier molecular flexibility index (Phi) is 3.24. The zero-order valence-corrected chi connectivity index (χ0v) is 15.8. The van der Waals surface area contributed by atoms with Gasteiger partial charge in [0.05, 0.1) is 19.2 Å². The molecule has 0 saturated carbocycles. The molecule has 0 bridgehead atoms. The summed E-state index contributed by atoms with van der Waals surface area (Å²) in [5.74, 6) is 0. The first-order valence-electron chi connectivity index (χ1n) is 8.15. The molecular formula is C22H9N3S2. The molecule has 2 aliphatic rings. The third-order valence-electron chi connectivity index (χ3n) is 5.04. The molecular weight excluding hydrogens is 370 g/mol. The van der Waals surface area contributed by atoms with Gasteiger partial charge >= 0.3 is 0 Å². The number of rotatable bonds is 0. The van der Waals surface area contributed by atoms with E-state index >= 15 is 0 Å². The smallest absolute Gasteiger partial charge is 0.242 e. The normalized spacial score (nSPS) is 16.4. The first-order valence-corrected chi connectivity index (χ1v) is 9.91. The zero-order valence-electron chi connectivity index (χ0n) is 14.1. The fourth-order valence-corrected chi connectivity index (χ4v) is 5.81. The molecule has 0 unspecified atom stereocenters. The van der Waals surface area contributed by atoms with E-state index in [1.54, 1.807) is 22.7 Å². The van der Waals surface area contributed by atoms with E-state index in [-0.39, 0.29) is 5.70 Å². The van der Waals surface area contributed by atoms with Gasteiger partial charge in [0.25, 0.3) is 5.70 Å². The van der Waals surface area contributed by atoms with Crippen LogP contribution in [0.5, 0.6) is 0 Å². The van der Waals surface area contributed by atoms with E-state index in [1.165, 1.54) is 0 Å². The molecule has 0 aliphatic heterocycles. The van der Waals surface area contributed by atoms with Crippen LogP contribution in [0.2, 0.25) is 0 Å². The van der Waals surface area contributed by atoms with Gasteiger partial charge in [-0.25, -0.2) is 15.0 Å². The topological polar surface area (TPSA) is 32.5 Å². The number of nitrogens with zero attached hydrogens (tertiary/aromatic N) is 3. The molecule has 5 heteroatoms. The van der Waals surface area contributed by atoms with Gasteiger partial charge in [0.15, 0.2) is 5.70 Å². The number of allylic oxidation sites excluding steroid dienone is 2. The van der Waals surface area contributed by atoms with Gasteiger partial charge in [-0.3, -0.25) is 0 Å². The number of thiophene rings is 2. The average molecular weight is 379 g/mol. The molecule has 5 rings (SSSR count). The van der Waals surface area contributed by atoms with Crippen molar-refractivity contribution in [3.05, 3.63) is 91.5 Å². The highest BCUT2D eigenvalue weighted by Crippen LogP contribution is 2.55. The summed E-state index contributed by atoms with van der Waals surface area (Å²) in [6.07, 6.45) is 0. The Morgan fingerprint density at radius 3 is 1.93 bits per heavy atom. The molecule has 0 N–H and O–H groups in total. The van der Waals surface area contributed by atoms with E-state index in [9.17, 15) is 5.26 Å². The summed E-state index contributed by atoms with van der Waals surface area (Å²) < 4.78 is 0. The zero-order chi connectivity index (χ0) is 18.7. The predicted molar refractivity (Wildman–Crippen MR) is 110 cm³/mol. The summed E-state index contributed by atoms with van der Waals surface area (Å²) in [6, 6.07) is 10.4. The summed E-state index contributed by atoms with van der Waals surface area (Å²) in [5, 5.41) is 13.5. The first kappa shape index (κ1) is 15.8. The molecule has 0 atom stereocenters. The summed E-state index contributed by atoms with van der Waals surface area (Å²) >= 11 is 3.29. The van der Waals surface area contributed by atoms with Crippen molar-refractivity contribution in [3.63, 3.8) is 0 Å². The van der Waals surface area contributed by atoms with E-state index < -0.39 is 0 Å². The van der Waals surface area contributed by atoms with Gasteiger partial charge in [-0.05, 0) is 80.9 Å². The number of fused-ring (bicyclic) bond motifs is 6. The summed E-state index contributed by atoms with van der Waals surface area (Å²) in [7, 11) is 0. The first-order chi connectivity index (χ1) is 13.2. The van der Waals surface area contributed by atoms with Gasteiger partial charge in [-0.2, -0.15) is 0 Å². The molecule has 3 nitrogen and oxygen atoms in total. The highest BCUT2D eigenvalue weighted by molar-refractivity contribution is 7.14. The molecule has 1 aromatic carbocycles. The van der Waals surface area contributed by atoms with E-state index in [2.05, 4.69) is 34.0 Å². The van der Waals surface area contributed by atoms with Crippen LogP contribution in [0.25, 0.3) is 41.7 Å². The van der Waals surface area contributed by atoms with Crippen LogP contribution in [-0.4, -0.2) is 0 Å². The van der Waals surface area contributed by atoms with Crippen LogP contribution in [0.3, 0.4) is 0 Å². The van der Waals surface area contributed by atoms with Crippen molar-refractivity contribution >= 4 is 33.8 Å². The molecule has 0 amide bonds. The van der Waals surface area contributed by atoms with Crippen LogP contribution in [0.1, 0.15) is 29.2 Å². The van der Waals surface area contributed by atoms with E-state index in [1.807, 2.05) is 23.8 Å². The number of hydrogen-bond donors (Lipinski definition) is 0. The molecule has 0 fully saturated rings. The molecule has 3 aromatic rings. The van der Waals surface area contributed by atoms with E-state index in [0.29, 0.717) is 5.70 Å². The predicted octanol–water partition coefficient (Wildman–Crippen LogP) is 6.67. The maximum absolute atomic E-state index is 9.48. The highest BCUT2D eigenvalue weighted by Gasteiger charge is 2.33. The van der Waals surface area contributed by atoms with Gasteiger partial charge < -0.3 is 0 Å². The summed E-state index contributed by atoms with van der Waals surface area (Å²) in [6.45, 7) is 16.8. The van der Waals surface area contributed by atoms with Crippen molar-refractivity contribution in [2.75, 3.05) is 0 Å². The second-order valence-electron chi connectivity index (χ2n) is 6.29. The average Bonchev–Trinajstić information content (AvgIpc) is 3.42. The Morgan fingerprint density at radius 2 is 1.41 bits per heavy atom. The maximum Gasteiger partial charge on any atom is 0.270 e. The minimum absolute atomic E-state index is 0.130. The molecule has 27 heavy (non-hydrogen) atoms. The number of hydrogen-bond acceptors (Lipinski definition) is 3. The monoisotopic (exact) mass is 379 g/mol. The van der Waals surface area contributed by atoms with Crippen molar-refractivity contribution < 1.29 is 0 Å². The summed E-state index contributed by atoms with van der Waals surface area (Å²) in [4.78, 5) is 9.41. The molecule has 2 aromatic heterocycles. The lowest BCUT2D eigenvalue weighted by atomic mass is 9.96. The van der Waals surface area contributed by atoms with Gasteiger partial charge in [0.1, 0.15) is 0 Å². The van der Waals surface area contributed by atoms with Crippen molar-refractivity contribution in [3.8, 4) is 27.0 Å². The third-order valence-corrected chi connectivity index (χ3v) is 6.93. The lowest BCUT2D eigenvalue weighted by molar-refractivity contribution is 1.49. The Morgan fingerprint density at radius 1 is 0.852 bits per heavy atom. The minimum Gasteiger partial charge on any atom is -0.242 e. The highest BCUT2D eigenvalue weighted by atomic mass is 32.1. The van der Waals surface area contributed by atoms with Gasteiger partial charge in [-0.15, -0.1) is 22.7 Å². The Balaban J connectivity index is 1.92. The van der Waals surface area contributed by atoms with E-state index in [0.717, 1.165) is 54.3 Å². The second-order valence-corrected chi connectivity index (χ2v) is 8.12. The van der Waals surface area contributed by atoms with Crippen molar-refractivity contribution in [1.82, 2.24) is 0 Å². The van der Waals surface area contributed by atoms with Gasteiger partial charge in [0, 0.05) is 15.3 Å². The number of benzene rings is 1. The quantitative estimate of drug-likeness (QED) is 0.218. The molecule has 0 spiro atoms. The van der Waals surface area contributed by atoms with Crippen LogP contribution in [0.15, 0.2) is 46.4 Å². The van der Waals surface area contributed by atoms with Gasteiger partial charge in [0.2, 0.25) is 0 Å². The summed E-state index contributed by atoms with van der Waals surface area (Å²) in [5.41, 5.74) is 8.79. The largest absolute Gasteiger partial charge is 0.270 e. The van der Waals surface area contributed by atoms with Crippen LogP contribution in [0.4, 0.5) is 0 Å². The van der Waals surface area contributed by atoms with Crippen LogP contribution < -0.4 is 0 Å². The lowest BCUT2D eigenvalue weighted by Crippen LogP contribution is -1.89. The van der Waals surface area contributed by atoms with Crippen LogP contribution >= 0.6 is 22.7 Å². The molecule has 0 saturated heterocycles. The van der Waals surface area contributed by atoms with Crippen molar-refractivity contribution in [2.24, 2.45) is 0 Å². The SMILES string of the molecule is [C-]#[N+]/C(C#N)=C1/c2cc3c(cc2-c2sccc21)/C(=C(/C)[N+]#[C-])c1ccsc1-3.